The molecule has 2 aromatic carbocycles. The topological polar surface area (TPSA) is 75.7 Å². The van der Waals surface area contributed by atoms with Crippen LogP contribution < -0.4 is 14.4 Å². The zero-order chi connectivity index (χ0) is 19.7. The first-order valence-electron chi connectivity index (χ1n) is 8.97. The average Bonchev–Trinajstić information content (AvgIpc) is 2.63. The lowest BCUT2D eigenvalue weighted by Crippen LogP contribution is -2.34. The molecule has 2 rings (SSSR count). The van der Waals surface area contributed by atoms with Crippen molar-refractivity contribution in [2.75, 3.05) is 23.7 Å². The van der Waals surface area contributed by atoms with Gasteiger partial charge in [-0.3, -0.25) is 9.10 Å². The number of hydrogen-bond acceptors (Lipinski definition) is 4. The summed E-state index contributed by atoms with van der Waals surface area (Å²) in [4.78, 5) is 11.9. The van der Waals surface area contributed by atoms with Gasteiger partial charge in [-0.1, -0.05) is 31.5 Å². The summed E-state index contributed by atoms with van der Waals surface area (Å²) < 4.78 is 31.2. The molecule has 0 aliphatic rings. The molecular weight excluding hydrogens is 364 g/mol. The molecule has 1 N–H and O–H groups in total. The summed E-state index contributed by atoms with van der Waals surface area (Å²) in [6, 6.07) is 16.1. The monoisotopic (exact) mass is 390 g/mol. The van der Waals surface area contributed by atoms with Crippen molar-refractivity contribution < 1.29 is 17.9 Å². The predicted octanol–water partition coefficient (Wildman–Crippen LogP) is 3.55. The number of amides is 1. The molecule has 0 bridgehead atoms. The van der Waals surface area contributed by atoms with E-state index in [-0.39, 0.29) is 18.9 Å². The van der Waals surface area contributed by atoms with E-state index in [1.807, 2.05) is 37.3 Å². The summed E-state index contributed by atoms with van der Waals surface area (Å²) in [5.41, 5.74) is 0.499. The number of para-hydroxylation sites is 1. The summed E-state index contributed by atoms with van der Waals surface area (Å²) in [6.45, 7) is 2.75. The van der Waals surface area contributed by atoms with Gasteiger partial charge in [-0.2, -0.15) is 0 Å². The molecular formula is C20H26N2O4S. The van der Waals surface area contributed by atoms with Crippen molar-refractivity contribution >= 4 is 21.6 Å². The largest absolute Gasteiger partial charge is 0.457 e. The molecule has 2 aromatic rings. The molecule has 0 fully saturated rings. The molecule has 0 unspecified atom stereocenters. The second-order valence-electron chi connectivity index (χ2n) is 6.20. The zero-order valence-electron chi connectivity index (χ0n) is 15.7. The fourth-order valence-corrected chi connectivity index (χ4v) is 3.42. The van der Waals surface area contributed by atoms with Crippen LogP contribution in [0.25, 0.3) is 0 Å². The van der Waals surface area contributed by atoms with Gasteiger partial charge in [0.05, 0.1) is 11.9 Å². The lowest BCUT2D eigenvalue weighted by Gasteiger charge is -2.22. The number of carbonyl (C=O) groups excluding carboxylic acids is 1. The van der Waals surface area contributed by atoms with Gasteiger partial charge in [0.25, 0.3) is 0 Å². The van der Waals surface area contributed by atoms with E-state index in [2.05, 4.69) is 5.32 Å². The molecule has 27 heavy (non-hydrogen) atoms. The number of anilines is 1. The van der Waals surface area contributed by atoms with E-state index in [1.165, 1.54) is 4.31 Å². The first kappa shape index (κ1) is 20.8. The Morgan fingerprint density at radius 2 is 1.67 bits per heavy atom. The SMILES string of the molecule is CCCCNC(=O)CCN(c1ccc(Oc2ccccc2)cc1)S(C)(=O)=O. The minimum Gasteiger partial charge on any atom is -0.457 e. The Bertz CT molecular complexity index is 821. The minimum atomic E-state index is -3.50. The predicted molar refractivity (Wildman–Crippen MR) is 108 cm³/mol. The van der Waals surface area contributed by atoms with Gasteiger partial charge in [0.2, 0.25) is 15.9 Å². The third kappa shape index (κ3) is 6.94. The molecule has 0 aromatic heterocycles. The van der Waals surface area contributed by atoms with Crippen LogP contribution in [0.4, 0.5) is 5.69 Å². The van der Waals surface area contributed by atoms with Gasteiger partial charge in [0.1, 0.15) is 11.5 Å². The lowest BCUT2D eigenvalue weighted by atomic mass is 10.2. The molecule has 0 aliphatic heterocycles. The molecule has 0 saturated carbocycles. The lowest BCUT2D eigenvalue weighted by molar-refractivity contribution is -0.120. The van der Waals surface area contributed by atoms with Crippen LogP contribution in [-0.4, -0.2) is 33.7 Å². The van der Waals surface area contributed by atoms with Gasteiger partial charge in [-0.05, 0) is 42.8 Å². The van der Waals surface area contributed by atoms with E-state index in [0.29, 0.717) is 23.7 Å². The number of rotatable bonds is 10. The standard InChI is InChI=1S/C20H26N2O4S/c1-3-4-15-21-20(23)14-16-22(27(2,24)25)17-10-12-19(13-11-17)26-18-8-6-5-7-9-18/h5-13H,3-4,14-16H2,1-2H3,(H,21,23). The van der Waals surface area contributed by atoms with Crippen LogP contribution in [0.1, 0.15) is 26.2 Å². The van der Waals surface area contributed by atoms with Crippen molar-refractivity contribution in [2.45, 2.75) is 26.2 Å². The Balaban J connectivity index is 2.02. The first-order chi connectivity index (χ1) is 12.9. The second-order valence-corrected chi connectivity index (χ2v) is 8.10. The summed E-state index contributed by atoms with van der Waals surface area (Å²) in [5, 5.41) is 2.80. The van der Waals surface area contributed by atoms with Crippen molar-refractivity contribution in [2.24, 2.45) is 0 Å². The minimum absolute atomic E-state index is 0.0929. The summed E-state index contributed by atoms with van der Waals surface area (Å²) in [6.07, 6.45) is 3.15. The summed E-state index contributed by atoms with van der Waals surface area (Å²) in [5.74, 6) is 1.16. The Hall–Kier alpha value is -2.54. The fourth-order valence-electron chi connectivity index (χ4n) is 2.49. The number of nitrogens with one attached hydrogen (secondary N) is 1. The van der Waals surface area contributed by atoms with Gasteiger partial charge < -0.3 is 10.1 Å². The van der Waals surface area contributed by atoms with Gasteiger partial charge in [0, 0.05) is 19.5 Å². The van der Waals surface area contributed by atoms with Gasteiger partial charge in [0.15, 0.2) is 0 Å². The number of unbranched alkanes of at least 4 members (excludes halogenated alkanes) is 1. The van der Waals surface area contributed by atoms with Crippen molar-refractivity contribution in [3.63, 3.8) is 0 Å². The molecule has 1 amide bonds. The maximum Gasteiger partial charge on any atom is 0.232 e. The summed E-state index contributed by atoms with van der Waals surface area (Å²) >= 11 is 0. The van der Waals surface area contributed by atoms with Gasteiger partial charge >= 0.3 is 0 Å². The normalized spacial score (nSPS) is 11.0. The van der Waals surface area contributed by atoms with Crippen LogP contribution in [0.2, 0.25) is 0 Å². The maximum absolute atomic E-state index is 12.1. The highest BCUT2D eigenvalue weighted by atomic mass is 32.2. The van der Waals surface area contributed by atoms with Gasteiger partial charge in [-0.25, -0.2) is 8.42 Å². The Kier molecular flexibility index (Phi) is 7.67. The molecule has 0 saturated heterocycles. The highest BCUT2D eigenvalue weighted by Gasteiger charge is 2.18. The molecule has 146 valence electrons. The van der Waals surface area contributed by atoms with Crippen LogP contribution in [-0.2, 0) is 14.8 Å². The number of benzene rings is 2. The highest BCUT2D eigenvalue weighted by Crippen LogP contribution is 2.25. The molecule has 0 spiro atoms. The van der Waals surface area contributed by atoms with E-state index in [1.54, 1.807) is 24.3 Å². The molecule has 0 heterocycles. The number of carbonyl (C=O) groups is 1. The summed E-state index contributed by atoms with van der Waals surface area (Å²) in [7, 11) is -3.50. The fraction of sp³-hybridized carbons (Fsp3) is 0.350. The Morgan fingerprint density at radius 1 is 1.04 bits per heavy atom. The van der Waals surface area contributed by atoms with Crippen molar-refractivity contribution in [3.05, 3.63) is 54.6 Å². The van der Waals surface area contributed by atoms with Crippen molar-refractivity contribution in [1.82, 2.24) is 5.32 Å². The second kappa shape index (κ2) is 9.97. The third-order valence-electron chi connectivity index (χ3n) is 3.90. The third-order valence-corrected chi connectivity index (χ3v) is 5.09. The van der Waals surface area contributed by atoms with E-state index < -0.39 is 10.0 Å². The van der Waals surface area contributed by atoms with E-state index in [0.717, 1.165) is 19.1 Å². The van der Waals surface area contributed by atoms with E-state index in [9.17, 15) is 13.2 Å². The van der Waals surface area contributed by atoms with Crippen LogP contribution in [0.15, 0.2) is 54.6 Å². The van der Waals surface area contributed by atoms with Crippen LogP contribution in [0.3, 0.4) is 0 Å². The maximum atomic E-state index is 12.1. The quantitative estimate of drug-likeness (QED) is 0.630. The van der Waals surface area contributed by atoms with Gasteiger partial charge in [-0.15, -0.1) is 0 Å². The highest BCUT2D eigenvalue weighted by molar-refractivity contribution is 7.92. The molecule has 0 atom stereocenters. The number of ether oxygens (including phenoxy) is 1. The Morgan fingerprint density at radius 3 is 2.26 bits per heavy atom. The molecule has 0 radical (unpaired) electrons. The number of nitrogens with zero attached hydrogens (tertiary/aromatic N) is 1. The van der Waals surface area contributed by atoms with E-state index in [4.69, 9.17) is 4.74 Å². The molecule has 7 heteroatoms. The van der Waals surface area contributed by atoms with E-state index >= 15 is 0 Å². The molecule has 6 nitrogen and oxygen atoms in total. The van der Waals surface area contributed by atoms with Crippen LogP contribution in [0, 0.1) is 0 Å². The zero-order valence-corrected chi connectivity index (χ0v) is 16.5. The average molecular weight is 391 g/mol. The number of hydrogen-bond donors (Lipinski definition) is 1. The van der Waals surface area contributed by atoms with Crippen LogP contribution >= 0.6 is 0 Å². The Labute approximate surface area is 161 Å². The van der Waals surface area contributed by atoms with Crippen molar-refractivity contribution in [1.29, 1.82) is 0 Å². The van der Waals surface area contributed by atoms with Crippen molar-refractivity contribution in [3.8, 4) is 11.5 Å². The first-order valence-corrected chi connectivity index (χ1v) is 10.8. The van der Waals surface area contributed by atoms with Crippen LogP contribution in [0.5, 0.6) is 11.5 Å². The number of sulfonamides is 1. The smallest absolute Gasteiger partial charge is 0.232 e. The molecule has 0 aliphatic carbocycles.